The van der Waals surface area contributed by atoms with E-state index >= 15 is 0 Å². The van der Waals surface area contributed by atoms with Crippen molar-refractivity contribution in [2.24, 2.45) is 29.4 Å². The highest BCUT2D eigenvalue weighted by Gasteiger charge is 2.69. The molecule has 0 radical (unpaired) electrons. The Morgan fingerprint density at radius 1 is 1.10 bits per heavy atom. The number of carbonyl (C=O) groups excluding carboxylic acids is 6. The smallest absolute Gasteiger partial charge is 0.303 e. The van der Waals surface area contributed by atoms with Crippen molar-refractivity contribution in [3.8, 4) is 5.75 Å². The number of nitrogens with zero attached hydrogens (tertiary/aromatic N) is 1. The number of likely N-dealkylation sites (N-methyl/N-ethyl adjacent to an activating group) is 1. The number of aliphatic hydroxyl groups is 1. The Morgan fingerprint density at radius 2 is 1.77 bits per heavy atom. The van der Waals surface area contributed by atoms with Crippen molar-refractivity contribution >= 4 is 46.6 Å². The van der Waals surface area contributed by atoms with Crippen LogP contribution in [0.1, 0.15) is 41.6 Å². The molecular weight excluding hydrogens is 514 g/mol. The highest BCUT2D eigenvalue weighted by atomic mass is 16.4. The number of ketones is 4. The van der Waals surface area contributed by atoms with E-state index in [-0.39, 0.29) is 43.4 Å². The van der Waals surface area contributed by atoms with Crippen molar-refractivity contribution in [1.82, 2.24) is 4.90 Å². The Kier molecular flexibility index (Phi) is 7.17. The molecule has 13 nitrogen and oxygen atoms in total. The molecule has 6 N–H and O–H groups in total. The number of benzene rings is 1. The van der Waals surface area contributed by atoms with E-state index in [4.69, 9.17) is 10.8 Å². The molecule has 2 amide bonds. The molecule has 39 heavy (non-hydrogen) atoms. The number of aromatic hydroxyl groups is 1. The summed E-state index contributed by atoms with van der Waals surface area (Å²) in [6.45, 7) is 0. The first-order valence-electron chi connectivity index (χ1n) is 12.4. The fourth-order valence-electron chi connectivity index (χ4n) is 6.29. The normalized spacial score (nSPS) is 29.9. The number of anilines is 1. The monoisotopic (exact) mass is 543 g/mol. The summed E-state index contributed by atoms with van der Waals surface area (Å²) >= 11 is 0. The summed E-state index contributed by atoms with van der Waals surface area (Å²) < 4.78 is 0. The zero-order valence-corrected chi connectivity index (χ0v) is 21.3. The van der Waals surface area contributed by atoms with Crippen LogP contribution < -0.4 is 11.1 Å². The SMILES string of the molecule is CN(C)C1C(=O)C(C(N)=O)C(=O)[C@@]2(O)C(=O)C3C(=O)c4c(ccc(NC(=O)CCCC(=O)O)c4O)C[C@H]3C[C@@H]12. The van der Waals surface area contributed by atoms with E-state index in [1.807, 2.05) is 0 Å². The summed E-state index contributed by atoms with van der Waals surface area (Å²) in [5.41, 5.74) is 2.49. The number of carboxylic acids is 1. The van der Waals surface area contributed by atoms with Crippen molar-refractivity contribution in [2.45, 2.75) is 43.7 Å². The maximum absolute atomic E-state index is 13.8. The van der Waals surface area contributed by atoms with Gasteiger partial charge in [-0.1, -0.05) is 6.07 Å². The number of rotatable bonds is 7. The predicted octanol–water partition coefficient (Wildman–Crippen LogP) is -0.940. The number of aliphatic carboxylic acids is 1. The van der Waals surface area contributed by atoms with Gasteiger partial charge in [0.1, 0.15) is 5.75 Å². The molecule has 0 heterocycles. The van der Waals surface area contributed by atoms with Gasteiger partial charge in [-0.15, -0.1) is 0 Å². The predicted molar refractivity (Wildman–Crippen MR) is 131 cm³/mol. The largest absolute Gasteiger partial charge is 0.505 e. The van der Waals surface area contributed by atoms with Crippen LogP contribution in [0.2, 0.25) is 0 Å². The lowest BCUT2D eigenvalue weighted by atomic mass is 9.52. The molecular formula is C26H29N3O10. The molecule has 0 saturated heterocycles. The van der Waals surface area contributed by atoms with E-state index in [0.29, 0.717) is 5.56 Å². The number of hydrogen-bond donors (Lipinski definition) is 5. The molecule has 3 aliphatic carbocycles. The standard InChI is InChI=1S/C26H29N3O10/c1-29(2)19-12-9-11-8-10-6-7-13(28-14(30)4-3-5-15(31)32)20(33)16(10)21(34)17(11)23(36)26(12,39)24(37)18(22(19)35)25(27)38/h6-7,11-12,17-19,33,39H,3-5,8-9H2,1-2H3,(H2,27,38)(H,28,30)(H,31,32)/t11-,12-,17?,18?,19?,26-/m0/s1. The molecule has 3 unspecified atom stereocenters. The number of hydrogen-bond acceptors (Lipinski definition) is 10. The fourth-order valence-corrected chi connectivity index (χ4v) is 6.29. The molecule has 13 heteroatoms. The van der Waals surface area contributed by atoms with Gasteiger partial charge in [-0.25, -0.2) is 0 Å². The minimum absolute atomic E-state index is 0.0561. The number of Topliss-reactive ketones (excluding diaryl/α,β-unsaturated/α-hetero) is 4. The minimum atomic E-state index is -2.82. The molecule has 0 aliphatic heterocycles. The highest BCUT2D eigenvalue weighted by Crippen LogP contribution is 2.51. The van der Waals surface area contributed by atoms with E-state index in [1.54, 1.807) is 0 Å². The average Bonchev–Trinajstić information content (AvgIpc) is 2.82. The molecule has 0 spiro atoms. The zero-order valence-electron chi connectivity index (χ0n) is 21.3. The van der Waals surface area contributed by atoms with Crippen LogP contribution in [-0.2, 0) is 35.2 Å². The molecule has 3 aliphatic rings. The van der Waals surface area contributed by atoms with E-state index < -0.39 is 82.0 Å². The van der Waals surface area contributed by atoms with E-state index in [0.717, 1.165) is 0 Å². The maximum atomic E-state index is 13.8. The Balaban J connectivity index is 1.70. The molecule has 4 rings (SSSR count). The first-order valence-corrected chi connectivity index (χ1v) is 12.4. The molecule has 2 saturated carbocycles. The lowest BCUT2D eigenvalue weighted by Gasteiger charge is -2.52. The number of nitrogens with one attached hydrogen (secondary N) is 1. The van der Waals surface area contributed by atoms with Gasteiger partial charge in [-0.2, -0.15) is 0 Å². The third kappa shape index (κ3) is 4.40. The number of fused-ring (bicyclic) bond motifs is 3. The van der Waals surface area contributed by atoms with Crippen LogP contribution in [0.15, 0.2) is 12.1 Å². The van der Waals surface area contributed by atoms with Gasteiger partial charge in [0.2, 0.25) is 11.8 Å². The molecule has 6 atom stereocenters. The number of phenolic OH excluding ortho intramolecular Hbond substituents is 1. The van der Waals surface area contributed by atoms with Crippen molar-refractivity contribution in [3.05, 3.63) is 23.3 Å². The van der Waals surface area contributed by atoms with Crippen molar-refractivity contribution in [1.29, 1.82) is 0 Å². The van der Waals surface area contributed by atoms with E-state index in [9.17, 15) is 43.8 Å². The van der Waals surface area contributed by atoms with Gasteiger partial charge in [0.15, 0.2) is 34.7 Å². The van der Waals surface area contributed by atoms with Crippen molar-refractivity contribution in [2.75, 3.05) is 19.4 Å². The molecule has 2 fully saturated rings. The second kappa shape index (κ2) is 9.97. The number of primary amides is 1. The number of phenols is 1. The van der Waals surface area contributed by atoms with Crippen LogP contribution in [0.5, 0.6) is 5.75 Å². The molecule has 1 aromatic carbocycles. The van der Waals surface area contributed by atoms with E-state index in [2.05, 4.69) is 5.32 Å². The number of carbonyl (C=O) groups is 7. The van der Waals surface area contributed by atoms with Crippen LogP contribution in [0, 0.1) is 23.7 Å². The topological polar surface area (TPSA) is 221 Å². The van der Waals surface area contributed by atoms with Crippen LogP contribution in [-0.4, -0.2) is 86.9 Å². The molecule has 1 aromatic rings. The van der Waals surface area contributed by atoms with Gasteiger partial charge in [-0.05, 0) is 50.9 Å². The zero-order chi connectivity index (χ0) is 29.0. The van der Waals surface area contributed by atoms with Crippen LogP contribution in [0.3, 0.4) is 0 Å². The number of nitrogens with two attached hydrogens (primary N) is 1. The Bertz CT molecular complexity index is 1320. The van der Waals surface area contributed by atoms with Gasteiger partial charge in [-0.3, -0.25) is 38.5 Å². The fraction of sp³-hybridized carbons (Fsp3) is 0.500. The number of carboxylic acid groups (broad SMARTS) is 1. The van der Waals surface area contributed by atoms with Gasteiger partial charge in [0.25, 0.3) is 0 Å². The summed E-state index contributed by atoms with van der Waals surface area (Å²) in [5, 5.41) is 33.6. The Hall–Kier alpha value is -3.97. The average molecular weight is 544 g/mol. The van der Waals surface area contributed by atoms with Gasteiger partial charge in [0.05, 0.1) is 23.2 Å². The lowest BCUT2D eigenvalue weighted by Crippen LogP contribution is -2.74. The molecule has 0 aromatic heterocycles. The van der Waals surface area contributed by atoms with Crippen molar-refractivity contribution < 1.29 is 48.9 Å². The first-order chi connectivity index (χ1) is 18.2. The van der Waals surface area contributed by atoms with Crippen LogP contribution in [0.4, 0.5) is 5.69 Å². The second-order valence-electron chi connectivity index (χ2n) is 10.6. The summed E-state index contributed by atoms with van der Waals surface area (Å²) in [5.74, 6) is -13.3. The maximum Gasteiger partial charge on any atom is 0.303 e. The highest BCUT2D eigenvalue weighted by molar-refractivity contribution is 6.32. The van der Waals surface area contributed by atoms with Gasteiger partial charge < -0.3 is 26.4 Å². The van der Waals surface area contributed by atoms with Crippen LogP contribution >= 0.6 is 0 Å². The third-order valence-corrected chi connectivity index (χ3v) is 8.00. The summed E-state index contributed by atoms with van der Waals surface area (Å²) in [6, 6.07) is 1.70. The molecule has 0 bridgehead atoms. The lowest BCUT2D eigenvalue weighted by molar-refractivity contribution is -0.181. The number of amides is 2. The minimum Gasteiger partial charge on any atom is -0.505 e. The summed E-state index contributed by atoms with van der Waals surface area (Å²) in [6.07, 6.45) is -0.282. The molecule has 208 valence electrons. The quantitative estimate of drug-likeness (QED) is 0.208. The Labute approximate surface area is 222 Å². The second-order valence-corrected chi connectivity index (χ2v) is 10.6. The Morgan fingerprint density at radius 3 is 2.36 bits per heavy atom. The van der Waals surface area contributed by atoms with E-state index in [1.165, 1.54) is 31.1 Å². The van der Waals surface area contributed by atoms with Crippen molar-refractivity contribution in [3.63, 3.8) is 0 Å². The van der Waals surface area contributed by atoms with Crippen LogP contribution in [0.25, 0.3) is 0 Å². The van der Waals surface area contributed by atoms with Gasteiger partial charge >= 0.3 is 5.97 Å². The first kappa shape index (κ1) is 28.0. The third-order valence-electron chi connectivity index (χ3n) is 8.00. The summed E-state index contributed by atoms with van der Waals surface area (Å²) in [4.78, 5) is 90.0. The van der Waals surface area contributed by atoms with Gasteiger partial charge in [0, 0.05) is 18.8 Å². The summed E-state index contributed by atoms with van der Waals surface area (Å²) in [7, 11) is 3.01.